The van der Waals surface area contributed by atoms with Crippen molar-refractivity contribution in [1.29, 1.82) is 0 Å². The Balaban J connectivity index is 1.45. The zero-order valence-electron chi connectivity index (χ0n) is 11.7. The SMILES string of the molecule is C1CC([S][Sb]([S]C2CCS2)([S]C2CCS2)[S]C2CCS2)S1. The summed E-state index contributed by atoms with van der Waals surface area (Å²) in [6, 6.07) is 0. The Kier molecular flexibility index (Phi) is 7.32. The van der Waals surface area contributed by atoms with E-state index in [9.17, 15) is 0 Å². The van der Waals surface area contributed by atoms with E-state index in [0.717, 1.165) is 18.3 Å². The van der Waals surface area contributed by atoms with Crippen molar-refractivity contribution < 1.29 is 0 Å². The van der Waals surface area contributed by atoms with Gasteiger partial charge in [0, 0.05) is 0 Å². The fourth-order valence-corrected chi connectivity index (χ4v) is 85.7. The van der Waals surface area contributed by atoms with Crippen molar-refractivity contribution in [2.24, 2.45) is 0 Å². The van der Waals surface area contributed by atoms with Crippen molar-refractivity contribution in [3.05, 3.63) is 0 Å². The van der Waals surface area contributed by atoms with E-state index in [1.54, 1.807) is 0 Å². The molecule has 4 rings (SSSR count). The summed E-state index contributed by atoms with van der Waals surface area (Å²) in [5, 5.41) is 0. The summed E-state index contributed by atoms with van der Waals surface area (Å²) >= 11 is 6.87. The monoisotopic (exact) mass is 541 g/mol. The maximum absolute atomic E-state index is 2.52. The molecule has 9 heteroatoms. The van der Waals surface area contributed by atoms with Crippen LogP contribution in [0.4, 0.5) is 0 Å². The van der Waals surface area contributed by atoms with E-state index >= 15 is 0 Å². The summed E-state index contributed by atoms with van der Waals surface area (Å²) in [5.74, 6) is 5.69. The van der Waals surface area contributed by atoms with Crippen LogP contribution in [0.2, 0.25) is 0 Å². The standard InChI is InChI=1S/4C3H6S2.Sb/c4*4-3-1-2-5-3;/h4*3-4H,1-2H2;/q;;;;+4/p-4. The van der Waals surface area contributed by atoms with E-state index < -0.39 is 13.2 Å². The molecule has 0 saturated carbocycles. The van der Waals surface area contributed by atoms with Crippen molar-refractivity contribution in [2.75, 3.05) is 23.0 Å². The summed E-state index contributed by atoms with van der Waals surface area (Å²) in [7, 11) is 10.1. The van der Waals surface area contributed by atoms with Crippen LogP contribution in [0.3, 0.4) is 0 Å². The van der Waals surface area contributed by atoms with Crippen molar-refractivity contribution in [3.8, 4) is 0 Å². The number of thioether (sulfide) groups is 4. The minimum absolute atomic E-state index is 0.962. The maximum atomic E-state index is 2.52. The molecule has 4 atom stereocenters. The molecule has 0 aliphatic carbocycles. The zero-order valence-corrected chi connectivity index (χ0v) is 20.8. The van der Waals surface area contributed by atoms with Gasteiger partial charge in [-0.25, -0.2) is 0 Å². The van der Waals surface area contributed by atoms with Crippen LogP contribution in [0.15, 0.2) is 0 Å². The molecule has 4 aliphatic heterocycles. The van der Waals surface area contributed by atoms with Crippen LogP contribution in [0.1, 0.15) is 25.7 Å². The summed E-state index contributed by atoms with van der Waals surface area (Å²) < 4.78 is 3.85. The van der Waals surface area contributed by atoms with Gasteiger partial charge in [-0.15, -0.1) is 0 Å². The van der Waals surface area contributed by atoms with Gasteiger partial charge in [0.15, 0.2) is 0 Å². The van der Waals surface area contributed by atoms with E-state index in [1.807, 2.05) is 0 Å². The van der Waals surface area contributed by atoms with Gasteiger partial charge in [0.05, 0.1) is 0 Å². The number of rotatable bonds is 8. The van der Waals surface area contributed by atoms with E-state index in [1.165, 1.54) is 48.7 Å². The molecule has 4 aliphatic rings. The summed E-state index contributed by atoms with van der Waals surface area (Å²) in [6.45, 7) is 0. The third-order valence-electron chi connectivity index (χ3n) is 3.62. The molecule has 0 bridgehead atoms. The molecule has 121 valence electrons. The second-order valence-corrected chi connectivity index (χ2v) is 48.6. The molecule has 0 N–H and O–H groups in total. The van der Waals surface area contributed by atoms with Gasteiger partial charge in [-0.1, -0.05) is 0 Å². The Hall–Kier alpha value is 3.62. The molecule has 0 aromatic rings. The summed E-state index contributed by atoms with van der Waals surface area (Å²) in [4.78, 5) is 0. The first-order valence-corrected chi connectivity index (χ1v) is 27.5. The molecule has 4 unspecified atom stereocenters. The fraction of sp³-hybridized carbons (Fsp3) is 1.00. The van der Waals surface area contributed by atoms with Crippen LogP contribution >= 0.6 is 82.4 Å². The van der Waals surface area contributed by atoms with Crippen LogP contribution in [0.25, 0.3) is 0 Å². The second kappa shape index (κ2) is 8.54. The van der Waals surface area contributed by atoms with Gasteiger partial charge < -0.3 is 0 Å². The Morgan fingerprint density at radius 2 is 0.762 bits per heavy atom. The van der Waals surface area contributed by atoms with Crippen molar-refractivity contribution in [3.63, 3.8) is 0 Å². The molecule has 4 saturated heterocycles. The van der Waals surface area contributed by atoms with E-state index in [2.05, 4.69) is 82.4 Å². The second-order valence-electron chi connectivity index (χ2n) is 5.22. The van der Waals surface area contributed by atoms with Crippen LogP contribution < -0.4 is 0 Å². The van der Waals surface area contributed by atoms with Gasteiger partial charge >= 0.3 is 163 Å². The van der Waals surface area contributed by atoms with E-state index in [-0.39, 0.29) is 0 Å². The Bertz CT molecular complexity index is 284. The molecule has 21 heavy (non-hydrogen) atoms. The van der Waals surface area contributed by atoms with Crippen LogP contribution in [0, 0.1) is 0 Å². The first-order valence-electron chi connectivity index (χ1n) is 7.40. The average Bonchev–Trinajstić information content (AvgIpc) is 2.28. The number of hydrogen-bond acceptors (Lipinski definition) is 8. The fourth-order valence-electron chi connectivity index (χ4n) is 1.91. The Labute approximate surface area is 160 Å². The molecule has 4 heterocycles. The molecule has 0 aromatic carbocycles. The van der Waals surface area contributed by atoms with E-state index in [0.29, 0.717) is 0 Å². The molecule has 0 aromatic heterocycles. The molecule has 4 fully saturated rings. The van der Waals surface area contributed by atoms with Crippen LogP contribution in [-0.2, 0) is 0 Å². The van der Waals surface area contributed by atoms with Gasteiger partial charge in [-0.05, 0) is 0 Å². The molecular formula is C12H20S8Sb. The van der Waals surface area contributed by atoms with Crippen molar-refractivity contribution in [2.45, 2.75) is 44.0 Å². The summed E-state index contributed by atoms with van der Waals surface area (Å²) in [6.07, 6.45) is 5.95. The first kappa shape index (κ1) is 18.0. The van der Waals surface area contributed by atoms with Crippen molar-refractivity contribution >= 4 is 95.6 Å². The van der Waals surface area contributed by atoms with E-state index in [4.69, 9.17) is 0 Å². The molecule has 1 radical (unpaired) electrons. The topological polar surface area (TPSA) is 0 Å². The molecular weight excluding hydrogens is 522 g/mol. The predicted molar refractivity (Wildman–Crippen MR) is 120 cm³/mol. The van der Waals surface area contributed by atoms with Gasteiger partial charge in [-0.3, -0.25) is 0 Å². The molecule has 0 nitrogen and oxygen atoms in total. The molecule has 0 amide bonds. The van der Waals surface area contributed by atoms with Gasteiger partial charge in [0.2, 0.25) is 0 Å². The average molecular weight is 543 g/mol. The Morgan fingerprint density at radius 3 is 0.905 bits per heavy atom. The van der Waals surface area contributed by atoms with Gasteiger partial charge in [0.1, 0.15) is 0 Å². The van der Waals surface area contributed by atoms with Crippen LogP contribution in [-0.4, -0.2) is 54.5 Å². The third kappa shape index (κ3) is 4.87. The predicted octanol–water partition coefficient (Wildman–Crippen LogP) is 6.21. The minimum atomic E-state index is -2.10. The van der Waals surface area contributed by atoms with Gasteiger partial charge in [-0.2, -0.15) is 0 Å². The quantitative estimate of drug-likeness (QED) is 0.328. The Morgan fingerprint density at radius 1 is 0.524 bits per heavy atom. The van der Waals surface area contributed by atoms with Crippen molar-refractivity contribution in [1.82, 2.24) is 0 Å². The number of hydrogen-bond donors (Lipinski definition) is 0. The zero-order chi connectivity index (χ0) is 14.1. The summed E-state index contributed by atoms with van der Waals surface area (Å²) in [5.41, 5.74) is 0. The van der Waals surface area contributed by atoms with Gasteiger partial charge in [0.25, 0.3) is 0 Å². The first-order chi connectivity index (χ1) is 10.3. The molecule has 0 spiro atoms. The normalized spacial score (nSPS) is 41.1. The third-order valence-corrected chi connectivity index (χ3v) is 57.1. The van der Waals surface area contributed by atoms with Crippen LogP contribution in [0.5, 0.6) is 0 Å².